The molecule has 4 heteroatoms. The number of ketones is 2. The fraction of sp³-hybridized carbons (Fsp3) is 0.231. The number of fused-ring (bicyclic) bond motifs is 1. The van der Waals surface area contributed by atoms with Gasteiger partial charge in [0.15, 0.2) is 5.78 Å². The number of carbonyl (C=O) groups is 2. The highest BCUT2D eigenvalue weighted by Crippen LogP contribution is 2.19. The minimum absolute atomic E-state index is 0.187. The predicted molar refractivity (Wildman–Crippen MR) is 62.9 cm³/mol. The Morgan fingerprint density at radius 1 is 1.24 bits per heavy atom. The lowest BCUT2D eigenvalue weighted by molar-refractivity contribution is 0.0975. The number of hydrogen-bond acceptors (Lipinski definition) is 4. The lowest BCUT2D eigenvalue weighted by atomic mass is 9.93. The van der Waals surface area contributed by atoms with E-state index in [1.165, 1.54) is 6.08 Å². The third-order valence-corrected chi connectivity index (χ3v) is 2.55. The van der Waals surface area contributed by atoms with Crippen molar-refractivity contribution in [2.75, 3.05) is 6.54 Å². The summed E-state index contributed by atoms with van der Waals surface area (Å²) in [7, 11) is 0. The van der Waals surface area contributed by atoms with Crippen LogP contribution in [0.15, 0.2) is 36.0 Å². The molecule has 1 atom stereocenters. The number of aliphatic hydroxyl groups is 1. The second-order valence-electron chi connectivity index (χ2n) is 4.03. The van der Waals surface area contributed by atoms with Gasteiger partial charge in [-0.1, -0.05) is 24.3 Å². The summed E-state index contributed by atoms with van der Waals surface area (Å²) >= 11 is 0. The van der Waals surface area contributed by atoms with Crippen LogP contribution in [-0.4, -0.2) is 29.3 Å². The van der Waals surface area contributed by atoms with Crippen LogP contribution in [0, 0.1) is 0 Å². The Morgan fingerprint density at radius 3 is 2.53 bits per heavy atom. The lowest BCUT2D eigenvalue weighted by Crippen LogP contribution is -2.31. The van der Waals surface area contributed by atoms with E-state index in [0.717, 1.165) is 0 Å². The van der Waals surface area contributed by atoms with Crippen LogP contribution in [0.2, 0.25) is 0 Å². The quantitative estimate of drug-likeness (QED) is 0.811. The maximum atomic E-state index is 12.0. The SMILES string of the molecule is C[C@@H](O)CNC1=CC(=O)c2ccccc2C1=O. The minimum atomic E-state index is -0.573. The Balaban J connectivity index is 2.29. The Morgan fingerprint density at radius 2 is 1.88 bits per heavy atom. The van der Waals surface area contributed by atoms with Crippen LogP contribution in [0.4, 0.5) is 0 Å². The molecule has 1 aromatic carbocycles. The molecule has 0 aliphatic heterocycles. The normalized spacial score (nSPS) is 16.2. The number of carbonyl (C=O) groups excluding carboxylic acids is 2. The van der Waals surface area contributed by atoms with Crippen molar-refractivity contribution < 1.29 is 14.7 Å². The summed E-state index contributed by atoms with van der Waals surface area (Å²) in [5, 5.41) is 11.9. The molecule has 0 radical (unpaired) electrons. The summed E-state index contributed by atoms with van der Waals surface area (Å²) in [6, 6.07) is 6.72. The molecule has 0 saturated heterocycles. The third kappa shape index (κ3) is 2.26. The molecule has 1 aliphatic rings. The van der Waals surface area contributed by atoms with Gasteiger partial charge in [0.25, 0.3) is 0 Å². The number of rotatable bonds is 3. The highest BCUT2D eigenvalue weighted by molar-refractivity contribution is 6.24. The Labute approximate surface area is 99.0 Å². The van der Waals surface area contributed by atoms with Crippen molar-refractivity contribution in [2.45, 2.75) is 13.0 Å². The predicted octanol–water partition coefficient (Wildman–Crippen LogP) is 0.920. The molecule has 88 valence electrons. The molecule has 4 nitrogen and oxygen atoms in total. The first kappa shape index (κ1) is 11.5. The fourth-order valence-corrected chi connectivity index (χ4v) is 1.70. The average Bonchev–Trinajstić information content (AvgIpc) is 2.32. The largest absolute Gasteiger partial charge is 0.392 e. The molecule has 0 amide bonds. The van der Waals surface area contributed by atoms with Gasteiger partial charge in [-0.15, -0.1) is 0 Å². The van der Waals surface area contributed by atoms with E-state index >= 15 is 0 Å². The molecule has 1 aromatic rings. The Bertz CT molecular complexity index is 503. The summed E-state index contributed by atoms with van der Waals surface area (Å²) in [6.45, 7) is 1.85. The monoisotopic (exact) mass is 231 g/mol. The summed E-state index contributed by atoms with van der Waals surface area (Å²) in [5.74, 6) is -0.394. The highest BCUT2D eigenvalue weighted by atomic mass is 16.3. The van der Waals surface area contributed by atoms with Gasteiger partial charge in [0.05, 0.1) is 11.8 Å². The second kappa shape index (κ2) is 4.51. The van der Waals surface area contributed by atoms with Crippen LogP contribution in [0.5, 0.6) is 0 Å². The highest BCUT2D eigenvalue weighted by Gasteiger charge is 2.24. The molecule has 17 heavy (non-hydrogen) atoms. The van der Waals surface area contributed by atoms with Crippen molar-refractivity contribution in [3.63, 3.8) is 0 Å². The number of allylic oxidation sites excluding steroid dienone is 2. The molecule has 0 heterocycles. The fourth-order valence-electron chi connectivity index (χ4n) is 1.70. The van der Waals surface area contributed by atoms with Gasteiger partial charge in [0, 0.05) is 23.7 Å². The topological polar surface area (TPSA) is 66.4 Å². The van der Waals surface area contributed by atoms with Crippen LogP contribution >= 0.6 is 0 Å². The standard InChI is InChI=1S/C13H13NO3/c1-8(15)7-14-11-6-12(16)9-4-2-3-5-10(9)13(11)17/h2-6,8,14-15H,7H2,1H3/t8-/m1/s1. The zero-order chi connectivity index (χ0) is 12.4. The first-order valence-electron chi connectivity index (χ1n) is 5.41. The zero-order valence-corrected chi connectivity index (χ0v) is 9.43. The number of Topliss-reactive ketones (excluding diaryl/α,β-unsaturated/α-hetero) is 1. The first-order valence-corrected chi connectivity index (χ1v) is 5.41. The maximum absolute atomic E-state index is 12.0. The number of aliphatic hydroxyl groups excluding tert-OH is 1. The van der Waals surface area contributed by atoms with Crippen LogP contribution < -0.4 is 5.32 Å². The van der Waals surface area contributed by atoms with Gasteiger partial charge in [-0.2, -0.15) is 0 Å². The zero-order valence-electron chi connectivity index (χ0n) is 9.43. The minimum Gasteiger partial charge on any atom is -0.392 e. The number of nitrogens with one attached hydrogen (secondary N) is 1. The van der Waals surface area contributed by atoms with E-state index in [0.29, 0.717) is 11.1 Å². The van der Waals surface area contributed by atoms with Gasteiger partial charge in [-0.3, -0.25) is 9.59 Å². The Kier molecular flexibility index (Phi) is 3.06. The van der Waals surface area contributed by atoms with Crippen molar-refractivity contribution in [2.24, 2.45) is 0 Å². The first-order chi connectivity index (χ1) is 8.09. The van der Waals surface area contributed by atoms with Crippen molar-refractivity contribution in [1.29, 1.82) is 0 Å². The van der Waals surface area contributed by atoms with Gasteiger partial charge in [-0.25, -0.2) is 0 Å². The van der Waals surface area contributed by atoms with E-state index in [1.54, 1.807) is 31.2 Å². The van der Waals surface area contributed by atoms with Crippen LogP contribution in [0.3, 0.4) is 0 Å². The van der Waals surface area contributed by atoms with Gasteiger partial charge >= 0.3 is 0 Å². The van der Waals surface area contributed by atoms with Gasteiger partial charge in [-0.05, 0) is 6.92 Å². The summed E-state index contributed by atoms with van der Waals surface area (Å²) in [6.07, 6.45) is 0.712. The van der Waals surface area contributed by atoms with E-state index in [9.17, 15) is 9.59 Å². The Hall–Kier alpha value is -1.94. The van der Waals surface area contributed by atoms with Crippen molar-refractivity contribution in [1.82, 2.24) is 5.32 Å². The summed E-state index contributed by atoms with van der Waals surface area (Å²) < 4.78 is 0. The van der Waals surface area contributed by atoms with E-state index < -0.39 is 6.10 Å². The van der Waals surface area contributed by atoms with E-state index in [-0.39, 0.29) is 23.8 Å². The molecule has 0 aromatic heterocycles. The number of hydrogen-bond donors (Lipinski definition) is 2. The molecule has 0 spiro atoms. The lowest BCUT2D eigenvalue weighted by Gasteiger charge is -2.17. The van der Waals surface area contributed by atoms with Crippen LogP contribution in [0.1, 0.15) is 27.6 Å². The van der Waals surface area contributed by atoms with E-state index in [2.05, 4.69) is 5.32 Å². The molecule has 0 fully saturated rings. The second-order valence-corrected chi connectivity index (χ2v) is 4.03. The van der Waals surface area contributed by atoms with E-state index in [4.69, 9.17) is 5.11 Å². The smallest absolute Gasteiger partial charge is 0.209 e. The van der Waals surface area contributed by atoms with Gasteiger partial charge in [0.1, 0.15) is 0 Å². The molecule has 0 saturated carbocycles. The van der Waals surface area contributed by atoms with E-state index in [1.807, 2.05) is 0 Å². The molecule has 0 unspecified atom stereocenters. The third-order valence-electron chi connectivity index (χ3n) is 2.55. The maximum Gasteiger partial charge on any atom is 0.209 e. The molecule has 0 bridgehead atoms. The molecular weight excluding hydrogens is 218 g/mol. The van der Waals surface area contributed by atoms with Crippen molar-refractivity contribution >= 4 is 11.6 Å². The van der Waals surface area contributed by atoms with Crippen molar-refractivity contribution in [3.05, 3.63) is 47.2 Å². The van der Waals surface area contributed by atoms with Crippen molar-refractivity contribution in [3.8, 4) is 0 Å². The molecule has 1 aliphatic carbocycles. The average molecular weight is 231 g/mol. The molecule has 2 N–H and O–H groups in total. The van der Waals surface area contributed by atoms with Gasteiger partial charge in [0.2, 0.25) is 5.78 Å². The summed E-state index contributed by atoms with van der Waals surface area (Å²) in [5.41, 5.74) is 1.09. The molecule has 2 rings (SSSR count). The van der Waals surface area contributed by atoms with Gasteiger partial charge < -0.3 is 10.4 Å². The van der Waals surface area contributed by atoms with Crippen LogP contribution in [0.25, 0.3) is 0 Å². The van der Waals surface area contributed by atoms with Crippen LogP contribution in [-0.2, 0) is 0 Å². The molecular formula is C13H13NO3. The summed E-state index contributed by atoms with van der Waals surface area (Å²) in [4.78, 5) is 23.8. The number of benzene rings is 1.